The van der Waals surface area contributed by atoms with Gasteiger partial charge in [0.2, 0.25) is 5.91 Å². The van der Waals surface area contributed by atoms with Gasteiger partial charge in [-0.1, -0.05) is 12.1 Å². The molecule has 2 aromatic heterocycles. The smallest absolute Gasteiger partial charge is 0.330 e. The number of hydrogen-bond acceptors (Lipinski definition) is 6. The first kappa shape index (κ1) is 21.1. The van der Waals surface area contributed by atoms with Gasteiger partial charge in [0.25, 0.3) is 0 Å². The molecule has 3 aromatic rings. The molecule has 0 saturated heterocycles. The summed E-state index contributed by atoms with van der Waals surface area (Å²) in [7, 11) is 0. The minimum absolute atomic E-state index is 0.150. The van der Waals surface area contributed by atoms with E-state index in [1.54, 1.807) is 37.7 Å². The van der Waals surface area contributed by atoms with Crippen LogP contribution in [-0.4, -0.2) is 29.9 Å². The molecule has 3 rings (SSSR count). The quantitative estimate of drug-likeness (QED) is 0.402. The van der Waals surface area contributed by atoms with Crippen LogP contribution in [0.5, 0.6) is 0 Å². The number of hydrogen-bond donors (Lipinski definition) is 1. The van der Waals surface area contributed by atoms with Crippen LogP contribution in [-0.2, 0) is 27.4 Å². The predicted octanol–water partition coefficient (Wildman–Crippen LogP) is 4.09. The third kappa shape index (κ3) is 6.79. The predicted molar refractivity (Wildman–Crippen MR) is 112 cm³/mol. The van der Waals surface area contributed by atoms with Crippen LogP contribution in [0.25, 0.3) is 6.08 Å². The molecular formula is C23H24N2O5. The summed E-state index contributed by atoms with van der Waals surface area (Å²) in [6.07, 6.45) is 6.26. The van der Waals surface area contributed by atoms with Gasteiger partial charge in [-0.05, 0) is 55.0 Å². The van der Waals surface area contributed by atoms with Gasteiger partial charge in [0.1, 0.15) is 11.5 Å². The van der Waals surface area contributed by atoms with Gasteiger partial charge in [-0.2, -0.15) is 0 Å². The van der Waals surface area contributed by atoms with Gasteiger partial charge in [-0.3, -0.25) is 9.69 Å². The number of nitrogens with one attached hydrogen (secondary N) is 1. The molecule has 30 heavy (non-hydrogen) atoms. The summed E-state index contributed by atoms with van der Waals surface area (Å²) in [5.74, 6) is 1.00. The van der Waals surface area contributed by atoms with Crippen LogP contribution in [0.2, 0.25) is 0 Å². The van der Waals surface area contributed by atoms with Crippen molar-refractivity contribution in [2.45, 2.75) is 20.0 Å². The molecule has 0 spiro atoms. The fraction of sp³-hybridized carbons (Fsp3) is 0.217. The number of nitrogens with zero attached hydrogens (tertiary/aromatic N) is 1. The lowest BCUT2D eigenvalue weighted by Gasteiger charge is -2.19. The first-order valence-corrected chi connectivity index (χ1v) is 9.64. The number of amides is 1. The highest BCUT2D eigenvalue weighted by Gasteiger charge is 2.15. The summed E-state index contributed by atoms with van der Waals surface area (Å²) in [4.78, 5) is 25.9. The second-order valence-electron chi connectivity index (χ2n) is 6.56. The van der Waals surface area contributed by atoms with Gasteiger partial charge in [0.05, 0.1) is 38.8 Å². The SMILES string of the molecule is CCOC(=O)/C=C/c1ccc(NC(=O)CN(Cc2ccco2)Cc2ccco2)cc1. The Labute approximate surface area is 174 Å². The molecular weight excluding hydrogens is 384 g/mol. The Morgan fingerprint density at radius 2 is 1.63 bits per heavy atom. The first-order chi connectivity index (χ1) is 14.6. The number of anilines is 1. The first-order valence-electron chi connectivity index (χ1n) is 9.64. The second-order valence-corrected chi connectivity index (χ2v) is 6.56. The average molecular weight is 408 g/mol. The highest BCUT2D eigenvalue weighted by Crippen LogP contribution is 2.13. The van der Waals surface area contributed by atoms with Crippen LogP contribution in [0.4, 0.5) is 5.69 Å². The van der Waals surface area contributed by atoms with Crippen molar-refractivity contribution < 1.29 is 23.2 Å². The Bertz CT molecular complexity index is 908. The van der Waals surface area contributed by atoms with Crippen molar-refractivity contribution in [3.8, 4) is 0 Å². The van der Waals surface area contributed by atoms with Gasteiger partial charge in [0.15, 0.2) is 0 Å². The van der Waals surface area contributed by atoms with Crippen molar-refractivity contribution in [1.82, 2.24) is 4.90 Å². The van der Waals surface area contributed by atoms with Crippen molar-refractivity contribution in [2.75, 3.05) is 18.5 Å². The van der Waals surface area contributed by atoms with Crippen LogP contribution < -0.4 is 5.32 Å². The molecule has 0 aliphatic heterocycles. The van der Waals surface area contributed by atoms with E-state index >= 15 is 0 Å². The van der Waals surface area contributed by atoms with Crippen molar-refractivity contribution in [3.05, 3.63) is 84.2 Å². The fourth-order valence-corrected chi connectivity index (χ4v) is 2.85. The third-order valence-electron chi connectivity index (χ3n) is 4.18. The Hall–Kier alpha value is -3.58. The molecule has 0 radical (unpaired) electrons. The third-order valence-corrected chi connectivity index (χ3v) is 4.18. The summed E-state index contributed by atoms with van der Waals surface area (Å²) in [6, 6.07) is 14.6. The van der Waals surface area contributed by atoms with Crippen LogP contribution >= 0.6 is 0 Å². The highest BCUT2D eigenvalue weighted by molar-refractivity contribution is 5.92. The number of esters is 1. The molecule has 0 saturated carbocycles. The maximum atomic E-state index is 12.6. The van der Waals surface area contributed by atoms with E-state index in [2.05, 4.69) is 5.32 Å². The molecule has 2 heterocycles. The molecule has 1 N–H and O–H groups in total. The van der Waals surface area contributed by atoms with E-state index in [-0.39, 0.29) is 18.4 Å². The number of ether oxygens (including phenoxy) is 1. The normalized spacial score (nSPS) is 11.1. The number of carbonyl (C=O) groups excluding carboxylic acids is 2. The van der Waals surface area contributed by atoms with E-state index in [4.69, 9.17) is 13.6 Å². The van der Waals surface area contributed by atoms with Crippen molar-refractivity contribution in [1.29, 1.82) is 0 Å². The molecule has 156 valence electrons. The largest absolute Gasteiger partial charge is 0.468 e. The van der Waals surface area contributed by atoms with E-state index in [0.717, 1.165) is 17.1 Å². The summed E-state index contributed by atoms with van der Waals surface area (Å²) in [6.45, 7) is 3.24. The average Bonchev–Trinajstić information content (AvgIpc) is 3.42. The molecule has 7 heteroatoms. The van der Waals surface area contributed by atoms with Gasteiger partial charge < -0.3 is 18.9 Å². The van der Waals surface area contributed by atoms with Crippen LogP contribution in [0, 0.1) is 0 Å². The van der Waals surface area contributed by atoms with Gasteiger partial charge in [0, 0.05) is 11.8 Å². The molecule has 0 aliphatic rings. The van der Waals surface area contributed by atoms with Gasteiger partial charge in [-0.25, -0.2) is 4.79 Å². The summed E-state index contributed by atoms with van der Waals surface area (Å²) in [5, 5.41) is 2.89. The summed E-state index contributed by atoms with van der Waals surface area (Å²) >= 11 is 0. The number of furan rings is 2. The Morgan fingerprint density at radius 3 is 2.17 bits per heavy atom. The number of rotatable bonds is 10. The molecule has 0 fully saturated rings. The van der Waals surface area contributed by atoms with E-state index in [1.807, 2.05) is 41.3 Å². The van der Waals surface area contributed by atoms with Gasteiger partial charge in [-0.15, -0.1) is 0 Å². The van der Waals surface area contributed by atoms with Crippen molar-refractivity contribution in [2.24, 2.45) is 0 Å². The molecule has 0 bridgehead atoms. The highest BCUT2D eigenvalue weighted by atomic mass is 16.5. The molecule has 1 amide bonds. The Kier molecular flexibility index (Phi) is 7.63. The van der Waals surface area contributed by atoms with Crippen LogP contribution in [0.15, 0.2) is 76.0 Å². The Balaban J connectivity index is 1.57. The standard InChI is InChI=1S/C23H24N2O5/c1-2-28-23(27)12-9-18-7-10-19(11-8-18)24-22(26)17-25(15-20-5-3-13-29-20)16-21-6-4-14-30-21/h3-14H,2,15-17H2,1H3,(H,24,26)/b12-9+. The summed E-state index contributed by atoms with van der Waals surface area (Å²) in [5.41, 5.74) is 1.50. The van der Waals surface area contributed by atoms with Crippen molar-refractivity contribution >= 4 is 23.6 Å². The molecule has 0 unspecified atom stereocenters. The van der Waals surface area contributed by atoms with E-state index in [9.17, 15) is 9.59 Å². The Morgan fingerprint density at radius 1 is 1.00 bits per heavy atom. The monoisotopic (exact) mass is 408 g/mol. The number of benzene rings is 1. The lowest BCUT2D eigenvalue weighted by atomic mass is 10.2. The molecule has 1 aromatic carbocycles. The fourth-order valence-electron chi connectivity index (χ4n) is 2.85. The van der Waals surface area contributed by atoms with E-state index in [1.165, 1.54) is 6.08 Å². The zero-order valence-electron chi connectivity index (χ0n) is 16.7. The lowest BCUT2D eigenvalue weighted by molar-refractivity contribution is -0.137. The zero-order valence-corrected chi connectivity index (χ0v) is 16.7. The van der Waals surface area contributed by atoms with E-state index in [0.29, 0.717) is 25.4 Å². The minimum atomic E-state index is -0.386. The summed E-state index contributed by atoms with van der Waals surface area (Å²) < 4.78 is 15.7. The maximum absolute atomic E-state index is 12.6. The zero-order chi connectivity index (χ0) is 21.2. The topological polar surface area (TPSA) is 84.9 Å². The van der Waals surface area contributed by atoms with Crippen LogP contribution in [0.1, 0.15) is 24.0 Å². The van der Waals surface area contributed by atoms with E-state index < -0.39 is 0 Å². The van der Waals surface area contributed by atoms with Gasteiger partial charge >= 0.3 is 5.97 Å². The maximum Gasteiger partial charge on any atom is 0.330 e. The number of carbonyl (C=O) groups is 2. The molecule has 7 nitrogen and oxygen atoms in total. The molecule has 0 atom stereocenters. The van der Waals surface area contributed by atoms with Crippen LogP contribution in [0.3, 0.4) is 0 Å². The minimum Gasteiger partial charge on any atom is -0.468 e. The lowest BCUT2D eigenvalue weighted by Crippen LogP contribution is -2.32. The second kappa shape index (κ2) is 10.8. The van der Waals surface area contributed by atoms with Crippen molar-refractivity contribution in [3.63, 3.8) is 0 Å². The molecule has 0 aliphatic carbocycles.